The minimum Gasteiger partial charge on any atom is -0.495 e. The van der Waals surface area contributed by atoms with Gasteiger partial charge in [-0.25, -0.2) is 4.98 Å². The van der Waals surface area contributed by atoms with Crippen LogP contribution in [0.2, 0.25) is 5.02 Å². The molecule has 0 aliphatic rings. The maximum absolute atomic E-state index is 13.5. The van der Waals surface area contributed by atoms with Crippen molar-refractivity contribution in [1.29, 1.82) is 0 Å². The van der Waals surface area contributed by atoms with Crippen LogP contribution in [0.3, 0.4) is 0 Å². The molecule has 5 heteroatoms. The zero-order chi connectivity index (χ0) is 22.1. The summed E-state index contributed by atoms with van der Waals surface area (Å²) in [5.74, 6) is 1.02. The predicted molar refractivity (Wildman–Crippen MR) is 132 cm³/mol. The second-order valence-corrected chi connectivity index (χ2v) is 7.78. The number of ether oxygens (including phenoxy) is 1. The molecule has 1 heterocycles. The van der Waals surface area contributed by atoms with Gasteiger partial charge in [0.15, 0.2) is 0 Å². The van der Waals surface area contributed by atoms with Gasteiger partial charge < -0.3 is 4.74 Å². The van der Waals surface area contributed by atoms with Crippen LogP contribution in [0.5, 0.6) is 5.75 Å². The summed E-state index contributed by atoms with van der Waals surface area (Å²) < 4.78 is 7.08. The van der Waals surface area contributed by atoms with E-state index in [0.29, 0.717) is 33.2 Å². The van der Waals surface area contributed by atoms with Crippen LogP contribution in [-0.4, -0.2) is 16.7 Å². The molecule has 0 unspecified atom stereocenters. The first-order valence-electron chi connectivity index (χ1n) is 10.2. The highest BCUT2D eigenvalue weighted by Crippen LogP contribution is 2.28. The average Bonchev–Trinajstić information content (AvgIpc) is 2.83. The van der Waals surface area contributed by atoms with Crippen LogP contribution in [0, 0.1) is 0 Å². The Morgan fingerprint density at radius 1 is 0.875 bits per heavy atom. The Labute approximate surface area is 190 Å². The highest BCUT2D eigenvalue weighted by atomic mass is 35.5. The minimum atomic E-state index is -0.186. The summed E-state index contributed by atoms with van der Waals surface area (Å²) in [7, 11) is 1.57. The number of hydrogen-bond acceptors (Lipinski definition) is 3. The molecule has 5 aromatic rings. The first-order valence-corrected chi connectivity index (χ1v) is 10.5. The van der Waals surface area contributed by atoms with Crippen LogP contribution in [0.15, 0.2) is 89.7 Å². The maximum atomic E-state index is 13.5. The number of halogens is 1. The summed E-state index contributed by atoms with van der Waals surface area (Å²) >= 11 is 6.28. The molecule has 4 aromatic carbocycles. The van der Waals surface area contributed by atoms with E-state index in [-0.39, 0.29) is 5.56 Å². The van der Waals surface area contributed by atoms with Gasteiger partial charge in [-0.1, -0.05) is 72.3 Å². The lowest BCUT2D eigenvalue weighted by molar-refractivity contribution is 0.412. The van der Waals surface area contributed by atoms with E-state index in [9.17, 15) is 4.79 Å². The van der Waals surface area contributed by atoms with E-state index < -0.39 is 0 Å². The molecular weight excluding hydrogens is 420 g/mol. The number of fused-ring (bicyclic) bond motifs is 2. The third-order valence-corrected chi connectivity index (χ3v) is 5.65. The van der Waals surface area contributed by atoms with E-state index in [0.717, 1.165) is 16.3 Å². The minimum absolute atomic E-state index is 0.186. The van der Waals surface area contributed by atoms with Gasteiger partial charge in [0.2, 0.25) is 0 Å². The van der Waals surface area contributed by atoms with Gasteiger partial charge >= 0.3 is 0 Å². The average molecular weight is 439 g/mol. The number of para-hydroxylation sites is 1. The molecule has 0 fully saturated rings. The van der Waals surface area contributed by atoms with Gasteiger partial charge in [0.25, 0.3) is 5.56 Å². The van der Waals surface area contributed by atoms with Crippen LogP contribution in [0.1, 0.15) is 11.4 Å². The normalized spacial score (nSPS) is 11.4. The maximum Gasteiger partial charge on any atom is 0.266 e. The second kappa shape index (κ2) is 8.33. The molecule has 0 saturated heterocycles. The molecular formula is C27H19ClN2O2. The van der Waals surface area contributed by atoms with Crippen LogP contribution in [0.4, 0.5) is 0 Å². The molecule has 5 rings (SSSR count). The Bertz CT molecular complexity index is 1550. The van der Waals surface area contributed by atoms with Crippen molar-refractivity contribution in [3.8, 4) is 11.4 Å². The van der Waals surface area contributed by atoms with Gasteiger partial charge in [0, 0.05) is 5.02 Å². The van der Waals surface area contributed by atoms with Crippen LogP contribution >= 0.6 is 11.6 Å². The summed E-state index contributed by atoms with van der Waals surface area (Å²) in [5.41, 5.74) is 2.02. The lowest BCUT2D eigenvalue weighted by Crippen LogP contribution is -2.22. The van der Waals surface area contributed by atoms with E-state index in [1.807, 2.05) is 54.6 Å². The van der Waals surface area contributed by atoms with Crippen LogP contribution < -0.4 is 10.3 Å². The molecule has 0 aliphatic carbocycles. The van der Waals surface area contributed by atoms with Crippen LogP contribution in [0.25, 0.3) is 39.5 Å². The third kappa shape index (κ3) is 3.55. The fourth-order valence-corrected chi connectivity index (χ4v) is 4.06. The van der Waals surface area contributed by atoms with Gasteiger partial charge in [-0.3, -0.25) is 9.36 Å². The highest BCUT2D eigenvalue weighted by molar-refractivity contribution is 6.30. The number of benzene rings is 4. The van der Waals surface area contributed by atoms with Crippen molar-refractivity contribution in [2.75, 3.05) is 7.11 Å². The zero-order valence-electron chi connectivity index (χ0n) is 17.3. The Kier molecular flexibility index (Phi) is 5.21. The number of methoxy groups -OCH3 is 1. The highest BCUT2D eigenvalue weighted by Gasteiger charge is 2.15. The van der Waals surface area contributed by atoms with Crippen LogP contribution in [-0.2, 0) is 0 Å². The predicted octanol–water partition coefficient (Wildman–Crippen LogP) is 6.37. The van der Waals surface area contributed by atoms with Gasteiger partial charge in [-0.05, 0) is 52.7 Å². The molecule has 1 aromatic heterocycles. The first-order chi connectivity index (χ1) is 15.7. The summed E-state index contributed by atoms with van der Waals surface area (Å²) in [6.07, 6.45) is 3.84. The van der Waals surface area contributed by atoms with Gasteiger partial charge in [-0.2, -0.15) is 0 Å². The first kappa shape index (κ1) is 20.0. The molecule has 32 heavy (non-hydrogen) atoms. The van der Waals surface area contributed by atoms with Crippen molar-refractivity contribution in [2.45, 2.75) is 0 Å². The number of rotatable bonds is 4. The summed E-state index contributed by atoms with van der Waals surface area (Å²) in [6.45, 7) is 0. The monoisotopic (exact) mass is 438 g/mol. The molecule has 4 nitrogen and oxygen atoms in total. The Morgan fingerprint density at radius 2 is 1.62 bits per heavy atom. The molecule has 0 amide bonds. The number of nitrogens with zero attached hydrogens (tertiary/aromatic N) is 2. The molecule has 0 N–H and O–H groups in total. The SMILES string of the molecule is COc1ccc(Cl)cc1-n1c(/C=C/c2cccc3ccccc23)nc2ccccc2c1=O. The Balaban J connectivity index is 1.78. The van der Waals surface area contributed by atoms with E-state index in [1.165, 1.54) is 0 Å². The quantitative estimate of drug-likeness (QED) is 0.327. The molecule has 0 spiro atoms. The molecule has 0 atom stereocenters. The zero-order valence-corrected chi connectivity index (χ0v) is 18.1. The molecule has 156 valence electrons. The van der Waals surface area contributed by atoms with Crippen molar-refractivity contribution in [3.63, 3.8) is 0 Å². The Morgan fingerprint density at radius 3 is 2.47 bits per heavy atom. The van der Waals surface area contributed by atoms with Crippen molar-refractivity contribution in [1.82, 2.24) is 9.55 Å². The van der Waals surface area contributed by atoms with Crippen molar-refractivity contribution in [3.05, 3.63) is 112 Å². The van der Waals surface area contributed by atoms with E-state index in [4.69, 9.17) is 21.3 Å². The lowest BCUT2D eigenvalue weighted by atomic mass is 10.0. The second-order valence-electron chi connectivity index (χ2n) is 7.35. The number of hydrogen-bond donors (Lipinski definition) is 0. The van der Waals surface area contributed by atoms with Gasteiger partial charge in [0.05, 0.1) is 23.7 Å². The molecule has 0 bridgehead atoms. The number of aromatic nitrogens is 2. The largest absolute Gasteiger partial charge is 0.495 e. The smallest absolute Gasteiger partial charge is 0.266 e. The molecule has 0 radical (unpaired) electrons. The molecule has 0 saturated carbocycles. The van der Waals surface area contributed by atoms with E-state index in [2.05, 4.69) is 18.2 Å². The molecule has 0 aliphatic heterocycles. The summed E-state index contributed by atoms with van der Waals surface area (Å²) in [6, 6.07) is 26.8. The fourth-order valence-electron chi connectivity index (χ4n) is 3.89. The summed E-state index contributed by atoms with van der Waals surface area (Å²) in [5, 5.41) is 3.30. The van der Waals surface area contributed by atoms with Gasteiger partial charge in [-0.15, -0.1) is 0 Å². The van der Waals surface area contributed by atoms with E-state index in [1.54, 1.807) is 35.9 Å². The van der Waals surface area contributed by atoms with Gasteiger partial charge in [0.1, 0.15) is 11.6 Å². The Hall–Kier alpha value is -3.89. The van der Waals surface area contributed by atoms with Crippen molar-refractivity contribution < 1.29 is 4.74 Å². The van der Waals surface area contributed by atoms with Crippen molar-refractivity contribution >= 4 is 45.4 Å². The standard InChI is InChI=1S/C27H19ClN2O2/c1-32-25-15-14-20(28)17-24(25)30-26(29-23-12-5-4-11-22(23)27(30)31)16-13-19-9-6-8-18-7-2-3-10-21(18)19/h2-17H,1H3/b16-13+. The summed E-state index contributed by atoms with van der Waals surface area (Å²) in [4.78, 5) is 18.3. The fraction of sp³-hybridized carbons (Fsp3) is 0.0370. The van der Waals surface area contributed by atoms with E-state index >= 15 is 0 Å². The third-order valence-electron chi connectivity index (χ3n) is 5.42. The van der Waals surface area contributed by atoms with Crippen molar-refractivity contribution in [2.24, 2.45) is 0 Å². The lowest BCUT2D eigenvalue weighted by Gasteiger charge is -2.15. The topological polar surface area (TPSA) is 44.1 Å².